The van der Waals surface area contributed by atoms with Crippen LogP contribution in [0.4, 0.5) is 16.2 Å². The van der Waals surface area contributed by atoms with Gasteiger partial charge in [-0.2, -0.15) is 0 Å². The lowest BCUT2D eigenvalue weighted by Crippen LogP contribution is -2.37. The molecule has 3 amide bonds. The van der Waals surface area contributed by atoms with Gasteiger partial charge < -0.3 is 15.2 Å². The zero-order chi connectivity index (χ0) is 22.1. The number of aryl methyl sites for hydroxylation is 2. The maximum atomic E-state index is 12.4. The molecule has 2 N–H and O–H groups in total. The van der Waals surface area contributed by atoms with Crippen LogP contribution in [0.5, 0.6) is 0 Å². The topological polar surface area (TPSA) is 123 Å². The summed E-state index contributed by atoms with van der Waals surface area (Å²) < 4.78 is 4.04. The number of anilines is 2. The molecule has 0 spiro atoms. The number of fused-ring (bicyclic) bond motifs is 1. The fraction of sp³-hybridized carbons (Fsp3) is 0.350. The molecule has 0 unspecified atom stereocenters. The molecular weight excluding hydrogens is 402 g/mol. The van der Waals surface area contributed by atoms with E-state index in [0.29, 0.717) is 42.9 Å². The molecule has 31 heavy (non-hydrogen) atoms. The number of imidazole rings is 1. The van der Waals surface area contributed by atoms with Crippen molar-refractivity contribution < 1.29 is 9.59 Å². The van der Waals surface area contributed by atoms with Crippen molar-refractivity contribution in [2.24, 2.45) is 14.1 Å². The van der Waals surface area contributed by atoms with Crippen LogP contribution in [0.15, 0.2) is 40.2 Å². The molecule has 2 aromatic heterocycles. The van der Waals surface area contributed by atoms with Crippen molar-refractivity contribution in [2.75, 3.05) is 23.3 Å². The Kier molecular flexibility index (Phi) is 5.32. The number of carbonyl (C=O) groups excluding carboxylic acids is 2. The third-order valence-corrected chi connectivity index (χ3v) is 5.34. The van der Waals surface area contributed by atoms with Gasteiger partial charge in [0.05, 0.1) is 6.33 Å². The molecule has 4 rings (SSSR count). The zero-order valence-electron chi connectivity index (χ0n) is 17.3. The maximum Gasteiger partial charge on any atom is 0.332 e. The van der Waals surface area contributed by atoms with Gasteiger partial charge in [-0.25, -0.2) is 14.6 Å². The van der Waals surface area contributed by atoms with Crippen LogP contribution in [-0.2, 0) is 25.4 Å². The lowest BCUT2D eigenvalue weighted by atomic mass is 10.2. The lowest BCUT2D eigenvalue weighted by molar-refractivity contribution is -0.116. The minimum atomic E-state index is -0.432. The van der Waals surface area contributed by atoms with E-state index in [1.165, 1.54) is 17.9 Å². The summed E-state index contributed by atoms with van der Waals surface area (Å²) in [5.74, 6) is -0.156. The van der Waals surface area contributed by atoms with E-state index in [9.17, 15) is 19.2 Å². The van der Waals surface area contributed by atoms with Crippen LogP contribution in [0.3, 0.4) is 0 Å². The van der Waals surface area contributed by atoms with Gasteiger partial charge >= 0.3 is 11.7 Å². The molecule has 1 saturated heterocycles. The number of aromatic nitrogens is 4. The van der Waals surface area contributed by atoms with E-state index in [-0.39, 0.29) is 18.4 Å². The first-order chi connectivity index (χ1) is 14.9. The van der Waals surface area contributed by atoms with E-state index in [1.54, 1.807) is 40.8 Å². The second-order valence-electron chi connectivity index (χ2n) is 7.40. The number of nitrogens with one attached hydrogen (secondary N) is 2. The summed E-state index contributed by atoms with van der Waals surface area (Å²) in [4.78, 5) is 54.3. The van der Waals surface area contributed by atoms with Gasteiger partial charge in [-0.1, -0.05) is 0 Å². The molecule has 162 valence electrons. The average Bonchev–Trinajstić information content (AvgIpc) is 3.38. The molecular formula is C20H23N7O4. The summed E-state index contributed by atoms with van der Waals surface area (Å²) in [6.07, 6.45) is 2.26. The second-order valence-corrected chi connectivity index (χ2v) is 7.40. The molecule has 1 fully saturated rings. The molecule has 0 aliphatic carbocycles. The Hall–Kier alpha value is -3.89. The number of hydrogen-bond acceptors (Lipinski definition) is 5. The minimum Gasteiger partial charge on any atom is -0.336 e. The lowest BCUT2D eigenvalue weighted by Gasteiger charge is -2.14. The fourth-order valence-electron chi connectivity index (χ4n) is 3.64. The van der Waals surface area contributed by atoms with Crippen LogP contribution in [0.1, 0.15) is 12.8 Å². The van der Waals surface area contributed by atoms with Gasteiger partial charge in [0.25, 0.3) is 5.56 Å². The highest BCUT2D eigenvalue weighted by atomic mass is 16.2. The Labute approximate surface area is 176 Å². The van der Waals surface area contributed by atoms with E-state index in [2.05, 4.69) is 15.6 Å². The summed E-state index contributed by atoms with van der Waals surface area (Å²) in [5, 5.41) is 5.58. The number of amides is 3. The Balaban J connectivity index is 1.36. The van der Waals surface area contributed by atoms with Gasteiger partial charge in [-0.15, -0.1) is 0 Å². The Morgan fingerprint density at radius 3 is 2.55 bits per heavy atom. The van der Waals surface area contributed by atoms with Gasteiger partial charge in [0, 0.05) is 51.5 Å². The molecule has 0 radical (unpaired) electrons. The largest absolute Gasteiger partial charge is 0.336 e. The number of rotatable bonds is 6. The molecule has 0 saturated carbocycles. The van der Waals surface area contributed by atoms with Crippen molar-refractivity contribution in [3.05, 3.63) is 51.4 Å². The van der Waals surface area contributed by atoms with Gasteiger partial charge in [0.1, 0.15) is 0 Å². The van der Waals surface area contributed by atoms with Crippen LogP contribution in [0.2, 0.25) is 0 Å². The molecule has 3 aromatic rings. The van der Waals surface area contributed by atoms with Crippen molar-refractivity contribution in [3.8, 4) is 0 Å². The SMILES string of the molecule is Cn1c(=O)c2c(ncn2CCCC(=O)Nc2ccc(N3CCNC3=O)cc2)n(C)c1=O. The molecule has 0 atom stereocenters. The number of carbonyl (C=O) groups is 2. The summed E-state index contributed by atoms with van der Waals surface area (Å²) >= 11 is 0. The number of benzene rings is 1. The molecule has 1 aliphatic rings. The van der Waals surface area contributed by atoms with Crippen LogP contribution in [0, 0.1) is 0 Å². The Morgan fingerprint density at radius 1 is 1.13 bits per heavy atom. The standard InChI is InChI=1S/C20H23N7O4/c1-24-17-16(18(29)25(2)20(24)31)26(12-22-17)10-3-4-15(28)23-13-5-7-14(8-6-13)27-11-9-21-19(27)30/h5-8,12H,3-4,9-11H2,1-2H3,(H,21,30)(H,23,28). The van der Waals surface area contributed by atoms with E-state index in [4.69, 9.17) is 0 Å². The van der Waals surface area contributed by atoms with Crippen molar-refractivity contribution in [3.63, 3.8) is 0 Å². The van der Waals surface area contributed by atoms with Gasteiger partial charge in [-0.05, 0) is 30.7 Å². The van der Waals surface area contributed by atoms with Gasteiger partial charge in [0.15, 0.2) is 11.2 Å². The summed E-state index contributed by atoms with van der Waals surface area (Å²) in [7, 11) is 2.99. The number of nitrogens with zero attached hydrogens (tertiary/aromatic N) is 5. The molecule has 1 aromatic carbocycles. The Morgan fingerprint density at radius 2 is 1.87 bits per heavy atom. The second kappa shape index (κ2) is 8.09. The summed E-state index contributed by atoms with van der Waals surface area (Å²) in [6, 6.07) is 6.97. The van der Waals surface area contributed by atoms with Crippen LogP contribution < -0.4 is 26.8 Å². The van der Waals surface area contributed by atoms with E-state index in [0.717, 1.165) is 10.3 Å². The average molecular weight is 425 g/mol. The van der Waals surface area contributed by atoms with Gasteiger partial charge in [0.2, 0.25) is 5.91 Å². The first kappa shape index (κ1) is 20.4. The summed E-state index contributed by atoms with van der Waals surface area (Å²) in [5.41, 5.74) is 1.24. The van der Waals surface area contributed by atoms with Gasteiger partial charge in [-0.3, -0.25) is 23.6 Å². The third kappa shape index (κ3) is 3.81. The van der Waals surface area contributed by atoms with Crippen LogP contribution in [-0.4, -0.2) is 43.7 Å². The molecule has 0 bridgehead atoms. The number of urea groups is 1. The Bertz CT molecular complexity index is 1270. The van der Waals surface area contributed by atoms with E-state index < -0.39 is 11.2 Å². The normalized spacial score (nSPS) is 13.6. The highest BCUT2D eigenvalue weighted by molar-refractivity contribution is 5.95. The zero-order valence-corrected chi connectivity index (χ0v) is 17.3. The van der Waals surface area contributed by atoms with Crippen molar-refractivity contribution >= 4 is 34.5 Å². The van der Waals surface area contributed by atoms with Crippen molar-refractivity contribution in [2.45, 2.75) is 19.4 Å². The highest BCUT2D eigenvalue weighted by Gasteiger charge is 2.20. The van der Waals surface area contributed by atoms with Crippen LogP contribution in [0.25, 0.3) is 11.2 Å². The quantitative estimate of drug-likeness (QED) is 0.591. The first-order valence-corrected chi connectivity index (χ1v) is 9.93. The minimum absolute atomic E-state index is 0.126. The predicted octanol–water partition coefficient (Wildman–Crippen LogP) is 0.382. The maximum absolute atomic E-state index is 12.4. The molecule has 11 nitrogen and oxygen atoms in total. The van der Waals surface area contributed by atoms with Crippen molar-refractivity contribution in [1.82, 2.24) is 24.0 Å². The fourth-order valence-corrected chi connectivity index (χ4v) is 3.64. The van der Waals surface area contributed by atoms with E-state index in [1.807, 2.05) is 0 Å². The molecule has 11 heteroatoms. The third-order valence-electron chi connectivity index (χ3n) is 5.34. The van der Waals surface area contributed by atoms with Crippen LogP contribution >= 0.6 is 0 Å². The summed E-state index contributed by atoms with van der Waals surface area (Å²) in [6.45, 7) is 1.65. The smallest absolute Gasteiger partial charge is 0.332 e. The highest BCUT2D eigenvalue weighted by Crippen LogP contribution is 2.19. The molecule has 3 heterocycles. The predicted molar refractivity (Wildman–Crippen MR) is 115 cm³/mol. The number of hydrogen-bond donors (Lipinski definition) is 2. The monoisotopic (exact) mass is 425 g/mol. The first-order valence-electron chi connectivity index (χ1n) is 9.93. The van der Waals surface area contributed by atoms with E-state index >= 15 is 0 Å². The van der Waals surface area contributed by atoms with Crippen molar-refractivity contribution in [1.29, 1.82) is 0 Å². The molecule has 1 aliphatic heterocycles.